The third kappa shape index (κ3) is 2.88. The SMILES string of the molecule is C#CCOc1ccc([C@H]2SCC(=O)Nc3[nH]ncc32)cc1. The number of carbonyl (C=O) groups is 1. The molecule has 0 unspecified atom stereocenters. The number of hydrogen-bond donors (Lipinski definition) is 2. The molecular formula is C15H13N3O2S. The largest absolute Gasteiger partial charge is 0.481 e. The molecule has 1 aromatic heterocycles. The number of benzene rings is 1. The highest BCUT2D eigenvalue weighted by Crippen LogP contribution is 2.40. The molecule has 106 valence electrons. The molecule has 5 nitrogen and oxygen atoms in total. The molecule has 3 rings (SSSR count). The zero-order valence-corrected chi connectivity index (χ0v) is 11.9. The maximum absolute atomic E-state index is 11.7. The van der Waals surface area contributed by atoms with E-state index in [9.17, 15) is 4.79 Å². The number of aromatic nitrogens is 2. The normalized spacial score (nSPS) is 17.3. The fourth-order valence-corrected chi connectivity index (χ4v) is 3.26. The molecule has 0 bridgehead atoms. The Balaban J connectivity index is 1.87. The van der Waals surface area contributed by atoms with E-state index in [4.69, 9.17) is 11.2 Å². The molecule has 6 heteroatoms. The summed E-state index contributed by atoms with van der Waals surface area (Å²) in [5.74, 6) is 4.21. The average Bonchev–Trinajstić information content (AvgIpc) is 2.88. The number of amides is 1. The van der Waals surface area contributed by atoms with Crippen LogP contribution in [0.15, 0.2) is 30.5 Å². The molecule has 0 fully saturated rings. The summed E-state index contributed by atoms with van der Waals surface area (Å²) >= 11 is 1.57. The molecule has 0 aliphatic carbocycles. The van der Waals surface area contributed by atoms with Gasteiger partial charge in [-0.1, -0.05) is 18.1 Å². The van der Waals surface area contributed by atoms with Crippen molar-refractivity contribution in [3.05, 3.63) is 41.6 Å². The Morgan fingerprint density at radius 1 is 1.43 bits per heavy atom. The maximum atomic E-state index is 11.7. The van der Waals surface area contributed by atoms with E-state index in [1.165, 1.54) is 0 Å². The number of fused-ring (bicyclic) bond motifs is 1. The molecule has 2 heterocycles. The van der Waals surface area contributed by atoms with E-state index in [-0.39, 0.29) is 17.8 Å². The molecule has 2 N–H and O–H groups in total. The van der Waals surface area contributed by atoms with Gasteiger partial charge in [-0.25, -0.2) is 0 Å². The number of thioether (sulfide) groups is 1. The molecule has 0 spiro atoms. The van der Waals surface area contributed by atoms with Gasteiger partial charge in [0.2, 0.25) is 5.91 Å². The average molecular weight is 299 g/mol. The third-order valence-electron chi connectivity index (χ3n) is 3.10. The quantitative estimate of drug-likeness (QED) is 0.853. The smallest absolute Gasteiger partial charge is 0.235 e. The predicted octanol–water partition coefficient (Wildman–Crippen LogP) is 2.20. The van der Waals surface area contributed by atoms with Gasteiger partial charge in [0, 0.05) is 5.56 Å². The lowest BCUT2D eigenvalue weighted by Gasteiger charge is -2.14. The van der Waals surface area contributed by atoms with Gasteiger partial charge >= 0.3 is 0 Å². The molecule has 0 radical (unpaired) electrons. The molecule has 0 saturated heterocycles. The van der Waals surface area contributed by atoms with Crippen molar-refractivity contribution in [1.29, 1.82) is 0 Å². The van der Waals surface area contributed by atoms with Gasteiger partial charge in [0.1, 0.15) is 18.2 Å². The second-order valence-corrected chi connectivity index (χ2v) is 5.59. The molecule has 21 heavy (non-hydrogen) atoms. The van der Waals surface area contributed by atoms with E-state index in [2.05, 4.69) is 21.4 Å². The van der Waals surface area contributed by atoms with Gasteiger partial charge in [0.05, 0.1) is 17.2 Å². The highest BCUT2D eigenvalue weighted by atomic mass is 32.2. The lowest BCUT2D eigenvalue weighted by molar-refractivity contribution is -0.113. The first-order valence-corrected chi connectivity index (χ1v) is 7.44. The highest BCUT2D eigenvalue weighted by molar-refractivity contribution is 8.00. The number of nitrogens with zero attached hydrogens (tertiary/aromatic N) is 1. The molecule has 1 aliphatic heterocycles. The zero-order chi connectivity index (χ0) is 14.7. The summed E-state index contributed by atoms with van der Waals surface area (Å²) in [7, 11) is 0. The summed E-state index contributed by atoms with van der Waals surface area (Å²) in [6.45, 7) is 0.252. The fourth-order valence-electron chi connectivity index (χ4n) is 2.16. The molecule has 1 aliphatic rings. The van der Waals surface area contributed by atoms with Gasteiger partial charge < -0.3 is 10.1 Å². The summed E-state index contributed by atoms with van der Waals surface area (Å²) < 4.78 is 5.37. The lowest BCUT2D eigenvalue weighted by Crippen LogP contribution is -2.12. The lowest BCUT2D eigenvalue weighted by atomic mass is 10.1. The van der Waals surface area contributed by atoms with Crippen LogP contribution in [0.1, 0.15) is 16.4 Å². The van der Waals surface area contributed by atoms with Crippen molar-refractivity contribution in [2.24, 2.45) is 0 Å². The minimum atomic E-state index is -0.0260. The number of carbonyl (C=O) groups excluding carboxylic acids is 1. The van der Waals surface area contributed by atoms with E-state index in [0.29, 0.717) is 11.6 Å². The van der Waals surface area contributed by atoms with E-state index in [1.54, 1.807) is 18.0 Å². The fraction of sp³-hybridized carbons (Fsp3) is 0.200. The van der Waals surface area contributed by atoms with Crippen molar-refractivity contribution in [3.8, 4) is 18.1 Å². The van der Waals surface area contributed by atoms with E-state index >= 15 is 0 Å². The number of H-pyrrole nitrogens is 1. The van der Waals surface area contributed by atoms with Crippen LogP contribution in [-0.4, -0.2) is 28.5 Å². The Morgan fingerprint density at radius 2 is 2.24 bits per heavy atom. The zero-order valence-electron chi connectivity index (χ0n) is 11.1. The standard InChI is InChI=1S/C15H13N3O2S/c1-2-7-20-11-5-3-10(4-6-11)14-12-8-16-18-15(12)17-13(19)9-21-14/h1,3-6,8,14H,7,9H2,(H2,16,17,18,19)/t14-/m1/s1. The van der Waals surface area contributed by atoms with Crippen molar-refractivity contribution in [2.75, 3.05) is 17.7 Å². The first-order chi connectivity index (χ1) is 10.3. The highest BCUT2D eigenvalue weighted by Gasteiger charge is 2.25. The van der Waals surface area contributed by atoms with Crippen LogP contribution in [0.25, 0.3) is 0 Å². The number of hydrogen-bond acceptors (Lipinski definition) is 4. The van der Waals surface area contributed by atoms with Gasteiger partial charge in [-0.3, -0.25) is 9.89 Å². The number of nitrogens with one attached hydrogen (secondary N) is 2. The summed E-state index contributed by atoms with van der Waals surface area (Å²) in [4.78, 5) is 11.7. The Labute approximate surface area is 126 Å². The van der Waals surface area contributed by atoms with Crippen LogP contribution in [0.4, 0.5) is 5.82 Å². The Morgan fingerprint density at radius 3 is 3.00 bits per heavy atom. The van der Waals surface area contributed by atoms with Crippen LogP contribution < -0.4 is 10.1 Å². The predicted molar refractivity (Wildman–Crippen MR) is 82.3 cm³/mol. The van der Waals surface area contributed by atoms with Gasteiger partial charge in [-0.2, -0.15) is 5.10 Å². The van der Waals surface area contributed by atoms with Gasteiger partial charge in [-0.05, 0) is 17.7 Å². The number of aromatic amines is 1. The van der Waals surface area contributed by atoms with Crippen LogP contribution in [0, 0.1) is 12.3 Å². The summed E-state index contributed by atoms with van der Waals surface area (Å²) in [6, 6.07) is 7.73. The van der Waals surface area contributed by atoms with Gasteiger partial charge in [0.25, 0.3) is 0 Å². The van der Waals surface area contributed by atoms with Crippen molar-refractivity contribution in [3.63, 3.8) is 0 Å². The number of rotatable bonds is 3. The van der Waals surface area contributed by atoms with Gasteiger partial charge in [0.15, 0.2) is 0 Å². The van der Waals surface area contributed by atoms with Crippen molar-refractivity contribution in [1.82, 2.24) is 10.2 Å². The summed E-state index contributed by atoms with van der Waals surface area (Å²) in [5.41, 5.74) is 2.07. The van der Waals surface area contributed by atoms with Crippen LogP contribution >= 0.6 is 11.8 Å². The monoisotopic (exact) mass is 299 g/mol. The van der Waals surface area contributed by atoms with E-state index in [1.807, 2.05) is 24.3 Å². The molecule has 1 atom stereocenters. The Kier molecular flexibility index (Phi) is 3.84. The molecule has 0 saturated carbocycles. The molecule has 2 aromatic rings. The first-order valence-electron chi connectivity index (χ1n) is 6.39. The van der Waals surface area contributed by atoms with Crippen molar-refractivity contribution < 1.29 is 9.53 Å². The number of anilines is 1. The second kappa shape index (κ2) is 5.94. The molecule has 1 aromatic carbocycles. The molecular weight excluding hydrogens is 286 g/mol. The topological polar surface area (TPSA) is 67.0 Å². The first kappa shape index (κ1) is 13.6. The minimum Gasteiger partial charge on any atom is -0.481 e. The maximum Gasteiger partial charge on any atom is 0.235 e. The van der Waals surface area contributed by atoms with Crippen molar-refractivity contribution >= 4 is 23.5 Å². The molecule has 1 amide bonds. The summed E-state index contributed by atoms with van der Waals surface area (Å²) in [6.07, 6.45) is 6.92. The van der Waals surface area contributed by atoms with Crippen LogP contribution in [0.2, 0.25) is 0 Å². The summed E-state index contributed by atoms with van der Waals surface area (Å²) in [5, 5.41) is 9.71. The van der Waals surface area contributed by atoms with Crippen LogP contribution in [0.3, 0.4) is 0 Å². The third-order valence-corrected chi connectivity index (χ3v) is 4.39. The number of terminal acetylenes is 1. The van der Waals surface area contributed by atoms with Crippen LogP contribution in [-0.2, 0) is 4.79 Å². The second-order valence-electron chi connectivity index (χ2n) is 4.50. The Bertz CT molecular complexity index is 688. The van der Waals surface area contributed by atoms with Gasteiger partial charge in [-0.15, -0.1) is 18.2 Å². The van der Waals surface area contributed by atoms with E-state index < -0.39 is 0 Å². The minimum absolute atomic E-state index is 0.0260. The number of ether oxygens (including phenoxy) is 1. The van der Waals surface area contributed by atoms with Crippen molar-refractivity contribution in [2.45, 2.75) is 5.25 Å². The van der Waals surface area contributed by atoms with Crippen LogP contribution in [0.5, 0.6) is 5.75 Å². The van der Waals surface area contributed by atoms with E-state index in [0.717, 1.165) is 16.9 Å². The Hall–Kier alpha value is -2.39.